The van der Waals surface area contributed by atoms with Gasteiger partial charge in [0, 0.05) is 9.89 Å². The Balaban J connectivity index is 1.50. The van der Waals surface area contributed by atoms with Crippen LogP contribution in [0.25, 0.3) is 0 Å². The molecule has 0 N–H and O–H groups in total. The zero-order chi connectivity index (χ0) is 15.4. The van der Waals surface area contributed by atoms with E-state index < -0.39 is 0 Å². The lowest BCUT2D eigenvalue weighted by atomic mass is 9.49. The van der Waals surface area contributed by atoms with Crippen molar-refractivity contribution in [3.63, 3.8) is 0 Å². The van der Waals surface area contributed by atoms with Crippen molar-refractivity contribution >= 4 is 21.9 Å². The highest BCUT2D eigenvalue weighted by Gasteiger charge is 2.60. The van der Waals surface area contributed by atoms with Gasteiger partial charge in [0.2, 0.25) is 0 Å². The summed E-state index contributed by atoms with van der Waals surface area (Å²) in [6.45, 7) is 0.0396. The fraction of sp³-hybridized carbons (Fsp3) is 0.611. The number of esters is 1. The number of carbonyl (C=O) groups is 1. The highest BCUT2D eigenvalue weighted by Crippen LogP contribution is 2.64. The van der Waals surface area contributed by atoms with Crippen molar-refractivity contribution in [2.45, 2.75) is 49.5 Å². The number of carbonyl (C=O) groups excluding carboxylic acids is 1. The quantitative estimate of drug-likeness (QED) is 0.576. The number of benzene rings is 1. The van der Waals surface area contributed by atoms with Gasteiger partial charge in [-0.25, -0.2) is 4.39 Å². The molecule has 2 nitrogen and oxygen atoms in total. The number of ether oxygens (including phenoxy) is 1. The smallest absolute Gasteiger partial charge is 0.312 e. The predicted molar refractivity (Wildman–Crippen MR) is 85.0 cm³/mol. The third kappa shape index (κ3) is 2.40. The van der Waals surface area contributed by atoms with Crippen molar-refractivity contribution in [1.82, 2.24) is 0 Å². The molecule has 0 saturated heterocycles. The van der Waals surface area contributed by atoms with Gasteiger partial charge in [0.1, 0.15) is 12.4 Å². The highest BCUT2D eigenvalue weighted by molar-refractivity contribution is 9.10. The van der Waals surface area contributed by atoms with Crippen molar-refractivity contribution in [2.24, 2.45) is 17.3 Å². The van der Waals surface area contributed by atoms with Crippen LogP contribution in [0.1, 0.15) is 44.1 Å². The van der Waals surface area contributed by atoms with Gasteiger partial charge in [-0.2, -0.15) is 0 Å². The number of hydrogen-bond acceptors (Lipinski definition) is 2. The predicted octanol–water partition coefficient (Wildman–Crippen LogP) is 4.60. The Labute approximate surface area is 138 Å². The molecule has 0 spiro atoms. The van der Waals surface area contributed by atoms with Crippen LogP contribution in [-0.2, 0) is 16.1 Å². The van der Waals surface area contributed by atoms with Crippen LogP contribution in [0, 0.1) is 23.1 Å². The van der Waals surface area contributed by atoms with Crippen LogP contribution < -0.4 is 0 Å². The summed E-state index contributed by atoms with van der Waals surface area (Å²) in [5.41, 5.74) is 0.118. The van der Waals surface area contributed by atoms with E-state index in [0.29, 0.717) is 17.4 Å². The number of alkyl halides is 1. The van der Waals surface area contributed by atoms with Crippen molar-refractivity contribution in [2.75, 3.05) is 0 Å². The molecule has 0 aromatic heterocycles. The van der Waals surface area contributed by atoms with Crippen molar-refractivity contribution in [3.05, 3.63) is 35.6 Å². The second kappa shape index (κ2) is 5.05. The lowest BCUT2D eigenvalue weighted by Gasteiger charge is -2.58. The molecule has 2 unspecified atom stereocenters. The van der Waals surface area contributed by atoms with Gasteiger partial charge in [-0.3, -0.25) is 4.79 Å². The van der Waals surface area contributed by atoms with Gasteiger partial charge in [0.15, 0.2) is 0 Å². The molecule has 22 heavy (non-hydrogen) atoms. The van der Waals surface area contributed by atoms with Gasteiger partial charge in [-0.05, 0) is 56.4 Å². The monoisotopic (exact) mass is 366 g/mol. The first-order chi connectivity index (χ1) is 10.5. The third-order valence-corrected chi connectivity index (χ3v) is 6.67. The number of halogens is 2. The Hall–Kier alpha value is -0.900. The van der Waals surface area contributed by atoms with E-state index in [9.17, 15) is 9.18 Å². The second-order valence-corrected chi connectivity index (χ2v) is 9.24. The second-order valence-electron chi connectivity index (χ2n) is 7.56. The molecule has 1 aromatic rings. The van der Waals surface area contributed by atoms with Crippen molar-refractivity contribution < 1.29 is 13.9 Å². The summed E-state index contributed by atoms with van der Waals surface area (Å²) in [4.78, 5) is 12.8. The van der Waals surface area contributed by atoms with E-state index >= 15 is 0 Å². The van der Waals surface area contributed by atoms with Crippen LogP contribution in [0.4, 0.5) is 4.39 Å². The molecular formula is C18H20BrFO2. The maximum atomic E-state index is 13.7. The molecule has 1 aromatic carbocycles. The summed E-state index contributed by atoms with van der Waals surface area (Å²) < 4.78 is 19.3. The summed E-state index contributed by atoms with van der Waals surface area (Å²) in [5.74, 6) is 0.856. The topological polar surface area (TPSA) is 26.3 Å². The van der Waals surface area contributed by atoms with Crippen LogP contribution in [0.15, 0.2) is 24.3 Å². The molecule has 0 aliphatic heterocycles. The maximum Gasteiger partial charge on any atom is 0.312 e. The minimum Gasteiger partial charge on any atom is -0.460 e. The minimum atomic E-state index is -0.334. The molecule has 0 amide bonds. The van der Waals surface area contributed by atoms with Crippen LogP contribution in [-0.4, -0.2) is 10.3 Å². The van der Waals surface area contributed by atoms with Crippen LogP contribution in [0.2, 0.25) is 0 Å². The molecule has 118 valence electrons. The highest BCUT2D eigenvalue weighted by atomic mass is 79.9. The van der Waals surface area contributed by atoms with E-state index in [2.05, 4.69) is 15.9 Å². The van der Waals surface area contributed by atoms with Gasteiger partial charge in [-0.15, -0.1) is 0 Å². The average molecular weight is 367 g/mol. The zero-order valence-corrected chi connectivity index (χ0v) is 14.1. The van der Waals surface area contributed by atoms with E-state index in [-0.39, 0.29) is 28.1 Å². The number of hydrogen-bond donors (Lipinski definition) is 0. The summed E-state index contributed by atoms with van der Waals surface area (Å²) in [6.07, 6.45) is 6.41. The average Bonchev–Trinajstić information content (AvgIpc) is 2.43. The van der Waals surface area contributed by atoms with Gasteiger partial charge in [0.25, 0.3) is 0 Å². The molecule has 5 rings (SSSR count). The summed E-state index contributed by atoms with van der Waals surface area (Å²) >= 11 is 3.90. The first-order valence-electron chi connectivity index (χ1n) is 8.08. The van der Waals surface area contributed by atoms with E-state index in [4.69, 9.17) is 4.74 Å². The molecule has 4 saturated carbocycles. The first-order valence-corrected chi connectivity index (χ1v) is 8.87. The van der Waals surface area contributed by atoms with Gasteiger partial charge >= 0.3 is 5.97 Å². The lowest BCUT2D eigenvalue weighted by molar-refractivity contribution is -0.171. The fourth-order valence-electron chi connectivity index (χ4n) is 5.30. The summed E-state index contributed by atoms with van der Waals surface area (Å²) in [7, 11) is 0. The summed E-state index contributed by atoms with van der Waals surface area (Å²) in [6, 6.07) is 6.49. The van der Waals surface area contributed by atoms with Crippen LogP contribution in [0.3, 0.4) is 0 Å². The van der Waals surface area contributed by atoms with Crippen molar-refractivity contribution in [3.8, 4) is 0 Å². The molecule has 4 heteroatoms. The van der Waals surface area contributed by atoms with Crippen LogP contribution >= 0.6 is 15.9 Å². The lowest BCUT2D eigenvalue weighted by Crippen LogP contribution is -2.56. The fourth-order valence-corrected chi connectivity index (χ4v) is 6.75. The maximum absolute atomic E-state index is 13.7. The number of rotatable bonds is 3. The molecule has 4 aliphatic carbocycles. The molecule has 4 fully saturated rings. The molecule has 4 atom stereocenters. The van der Waals surface area contributed by atoms with Gasteiger partial charge in [-0.1, -0.05) is 34.1 Å². The molecule has 0 radical (unpaired) electrons. The summed E-state index contributed by atoms with van der Waals surface area (Å²) in [5, 5.41) is 0. The SMILES string of the molecule is O=C(OCc1ccccc1F)C12C[C@@H]3C[C@@H](CC(Br)(C3)C1)C2. The third-order valence-electron chi connectivity index (χ3n) is 5.74. The largest absolute Gasteiger partial charge is 0.460 e. The Morgan fingerprint density at radius 3 is 2.55 bits per heavy atom. The van der Waals surface area contributed by atoms with Crippen molar-refractivity contribution in [1.29, 1.82) is 0 Å². The van der Waals surface area contributed by atoms with E-state index in [1.165, 1.54) is 25.3 Å². The molecule has 0 heterocycles. The van der Waals surface area contributed by atoms with Gasteiger partial charge < -0.3 is 4.74 Å². The van der Waals surface area contributed by atoms with Gasteiger partial charge in [0.05, 0.1) is 5.41 Å². The molecule has 4 aliphatic rings. The first kappa shape index (κ1) is 14.7. The Bertz CT molecular complexity index is 601. The molecule has 4 bridgehead atoms. The normalized spacial score (nSPS) is 39.0. The Morgan fingerprint density at radius 1 is 1.23 bits per heavy atom. The Kier molecular flexibility index (Phi) is 3.37. The van der Waals surface area contributed by atoms with E-state index in [1.807, 2.05) is 0 Å². The minimum absolute atomic E-state index is 0.0396. The molecular weight excluding hydrogens is 347 g/mol. The van der Waals surface area contributed by atoms with E-state index in [0.717, 1.165) is 19.3 Å². The Morgan fingerprint density at radius 2 is 1.91 bits per heavy atom. The standard InChI is InChI=1S/C18H20BrFO2/c19-18-8-12-5-13(9-18)7-17(6-12,11-18)16(21)22-10-14-3-1-2-4-15(14)20/h1-4,12-13H,5-11H2/t12-,13+,17?,18?. The zero-order valence-electron chi connectivity index (χ0n) is 12.5. The van der Waals surface area contributed by atoms with E-state index in [1.54, 1.807) is 18.2 Å². The van der Waals surface area contributed by atoms with Crippen LogP contribution in [0.5, 0.6) is 0 Å².